The van der Waals surface area contributed by atoms with Crippen molar-refractivity contribution < 1.29 is 8.42 Å². The van der Waals surface area contributed by atoms with Crippen molar-refractivity contribution in [3.63, 3.8) is 0 Å². The van der Waals surface area contributed by atoms with Gasteiger partial charge in [0.05, 0.1) is 11.5 Å². The van der Waals surface area contributed by atoms with Crippen LogP contribution in [0.2, 0.25) is 0 Å². The van der Waals surface area contributed by atoms with Crippen LogP contribution in [0.3, 0.4) is 0 Å². The zero-order chi connectivity index (χ0) is 12.5. The summed E-state index contributed by atoms with van der Waals surface area (Å²) in [6.07, 6.45) is 1.57. The van der Waals surface area contributed by atoms with Gasteiger partial charge in [-0.1, -0.05) is 0 Å². The van der Waals surface area contributed by atoms with Gasteiger partial charge in [-0.15, -0.1) is 0 Å². The fraction of sp³-hybridized carbons (Fsp3) is 0.600. The average molecular weight is 320 g/mol. The lowest BCUT2D eigenvalue weighted by Gasteiger charge is -2.23. The standard InChI is InChI=1S/C10H14BrN3O2S/c1-7-12-9(11)5-10(13-7)14-8-3-2-4-17(15,16)6-8/h5,8H,2-4,6H2,1H3,(H,12,13,14). The molecular weight excluding hydrogens is 306 g/mol. The summed E-state index contributed by atoms with van der Waals surface area (Å²) >= 11 is 3.29. The summed E-state index contributed by atoms with van der Waals surface area (Å²) in [7, 11) is -2.89. The highest BCUT2D eigenvalue weighted by atomic mass is 79.9. The smallest absolute Gasteiger partial charge is 0.152 e. The van der Waals surface area contributed by atoms with Gasteiger partial charge in [-0.25, -0.2) is 18.4 Å². The maximum absolute atomic E-state index is 11.5. The number of rotatable bonds is 2. The Labute approximate surface area is 109 Å². The number of nitrogens with one attached hydrogen (secondary N) is 1. The van der Waals surface area contributed by atoms with Gasteiger partial charge < -0.3 is 5.32 Å². The predicted molar refractivity (Wildman–Crippen MR) is 69.8 cm³/mol. The molecule has 5 nitrogen and oxygen atoms in total. The second-order valence-electron chi connectivity index (χ2n) is 4.22. The molecule has 0 aromatic carbocycles. The van der Waals surface area contributed by atoms with Crippen LogP contribution < -0.4 is 5.32 Å². The summed E-state index contributed by atoms with van der Waals surface area (Å²) < 4.78 is 23.7. The number of hydrogen-bond acceptors (Lipinski definition) is 5. The third-order valence-corrected chi connectivity index (χ3v) is 4.85. The lowest BCUT2D eigenvalue weighted by Crippen LogP contribution is -2.35. The van der Waals surface area contributed by atoms with E-state index in [1.54, 1.807) is 13.0 Å². The summed E-state index contributed by atoms with van der Waals surface area (Å²) in [4.78, 5) is 8.33. The molecule has 1 atom stereocenters. The molecule has 1 aliphatic heterocycles. The number of hydrogen-bond donors (Lipinski definition) is 1. The van der Waals surface area contributed by atoms with E-state index in [2.05, 4.69) is 31.2 Å². The molecule has 1 aromatic rings. The Balaban J connectivity index is 2.10. The van der Waals surface area contributed by atoms with E-state index in [9.17, 15) is 8.42 Å². The van der Waals surface area contributed by atoms with Crippen molar-refractivity contribution in [3.05, 3.63) is 16.5 Å². The maximum atomic E-state index is 11.5. The highest BCUT2D eigenvalue weighted by Crippen LogP contribution is 2.18. The average Bonchev–Trinajstić information content (AvgIpc) is 2.13. The van der Waals surface area contributed by atoms with Crippen molar-refractivity contribution in [2.45, 2.75) is 25.8 Å². The van der Waals surface area contributed by atoms with Crippen LogP contribution in [0, 0.1) is 6.92 Å². The third-order valence-electron chi connectivity index (χ3n) is 2.62. The molecule has 2 rings (SSSR count). The van der Waals surface area contributed by atoms with Crippen LogP contribution in [0.1, 0.15) is 18.7 Å². The Morgan fingerprint density at radius 1 is 1.47 bits per heavy atom. The maximum Gasteiger partial charge on any atom is 0.152 e. The highest BCUT2D eigenvalue weighted by molar-refractivity contribution is 9.10. The summed E-state index contributed by atoms with van der Waals surface area (Å²) in [6, 6.07) is 1.71. The van der Waals surface area contributed by atoms with E-state index in [-0.39, 0.29) is 11.8 Å². The molecule has 1 N–H and O–H groups in total. The Hall–Kier alpha value is -0.690. The molecular formula is C10H14BrN3O2S. The van der Waals surface area contributed by atoms with Crippen molar-refractivity contribution in [2.24, 2.45) is 0 Å². The fourth-order valence-corrected chi connectivity index (χ4v) is 4.06. The molecule has 0 bridgehead atoms. The summed E-state index contributed by atoms with van der Waals surface area (Å²) in [6.45, 7) is 1.80. The third kappa shape index (κ3) is 3.64. The van der Waals surface area contributed by atoms with Gasteiger partial charge in [0.25, 0.3) is 0 Å². The van der Waals surface area contributed by atoms with Gasteiger partial charge in [0.2, 0.25) is 0 Å². The number of aromatic nitrogens is 2. The van der Waals surface area contributed by atoms with Crippen molar-refractivity contribution in [3.8, 4) is 0 Å². The minimum Gasteiger partial charge on any atom is -0.366 e. The summed E-state index contributed by atoms with van der Waals surface area (Å²) in [5.74, 6) is 1.82. The lowest BCUT2D eigenvalue weighted by molar-refractivity contribution is 0.561. The van der Waals surface area contributed by atoms with Gasteiger partial charge in [0.15, 0.2) is 9.84 Å². The van der Waals surface area contributed by atoms with E-state index in [0.29, 0.717) is 28.4 Å². The van der Waals surface area contributed by atoms with E-state index in [0.717, 1.165) is 6.42 Å². The highest BCUT2D eigenvalue weighted by Gasteiger charge is 2.24. The number of aryl methyl sites for hydroxylation is 1. The van der Waals surface area contributed by atoms with Gasteiger partial charge in [-0.05, 0) is 35.7 Å². The molecule has 1 saturated heterocycles. The molecule has 0 aliphatic carbocycles. The first-order chi connectivity index (χ1) is 7.94. The van der Waals surface area contributed by atoms with Gasteiger partial charge >= 0.3 is 0 Å². The van der Waals surface area contributed by atoms with Gasteiger partial charge in [0, 0.05) is 12.1 Å². The molecule has 1 unspecified atom stereocenters. The van der Waals surface area contributed by atoms with Crippen LogP contribution in [0.15, 0.2) is 10.7 Å². The van der Waals surface area contributed by atoms with Crippen molar-refractivity contribution >= 4 is 31.6 Å². The summed E-state index contributed by atoms with van der Waals surface area (Å²) in [5.41, 5.74) is 0. The molecule has 1 aliphatic rings. The quantitative estimate of drug-likeness (QED) is 0.837. The van der Waals surface area contributed by atoms with E-state index in [1.165, 1.54) is 0 Å². The van der Waals surface area contributed by atoms with Crippen LogP contribution in [-0.4, -0.2) is 35.9 Å². The molecule has 0 amide bonds. The minimum absolute atomic E-state index is 0.0463. The Morgan fingerprint density at radius 3 is 2.88 bits per heavy atom. The summed E-state index contributed by atoms with van der Waals surface area (Å²) in [5, 5.41) is 3.16. The monoisotopic (exact) mass is 319 g/mol. The first-order valence-electron chi connectivity index (χ1n) is 5.43. The minimum atomic E-state index is -2.89. The van der Waals surface area contributed by atoms with Crippen molar-refractivity contribution in [1.82, 2.24) is 9.97 Å². The van der Waals surface area contributed by atoms with E-state index >= 15 is 0 Å². The largest absolute Gasteiger partial charge is 0.366 e. The van der Waals surface area contributed by atoms with Crippen molar-refractivity contribution in [1.29, 1.82) is 0 Å². The second kappa shape index (κ2) is 4.89. The topological polar surface area (TPSA) is 72.0 Å². The number of halogens is 1. The van der Waals surface area contributed by atoms with Crippen molar-refractivity contribution in [2.75, 3.05) is 16.8 Å². The number of sulfone groups is 1. The van der Waals surface area contributed by atoms with Crippen LogP contribution in [0.4, 0.5) is 5.82 Å². The van der Waals surface area contributed by atoms with Gasteiger partial charge in [0.1, 0.15) is 16.2 Å². The van der Waals surface area contributed by atoms with E-state index in [4.69, 9.17) is 0 Å². The molecule has 17 heavy (non-hydrogen) atoms. The Bertz CT molecular complexity index is 498. The molecule has 0 spiro atoms. The Kier molecular flexibility index (Phi) is 3.67. The number of anilines is 1. The first-order valence-corrected chi connectivity index (χ1v) is 8.04. The fourth-order valence-electron chi connectivity index (χ4n) is 1.95. The van der Waals surface area contributed by atoms with Gasteiger partial charge in [-0.2, -0.15) is 0 Å². The molecule has 2 heterocycles. The number of nitrogens with zero attached hydrogens (tertiary/aromatic N) is 2. The molecule has 94 valence electrons. The van der Waals surface area contributed by atoms with E-state index < -0.39 is 9.84 Å². The zero-order valence-corrected chi connectivity index (χ0v) is 11.9. The molecule has 1 fully saturated rings. The molecule has 0 saturated carbocycles. The van der Waals surface area contributed by atoms with E-state index in [1.807, 2.05) is 0 Å². The normalized spacial score (nSPS) is 23.3. The zero-order valence-electron chi connectivity index (χ0n) is 9.48. The van der Waals surface area contributed by atoms with Crippen LogP contribution in [0.25, 0.3) is 0 Å². The Morgan fingerprint density at radius 2 is 2.24 bits per heavy atom. The molecule has 0 radical (unpaired) electrons. The predicted octanol–water partition coefficient (Wildman–Crippen LogP) is 1.54. The van der Waals surface area contributed by atoms with Gasteiger partial charge in [-0.3, -0.25) is 0 Å². The van der Waals surface area contributed by atoms with Crippen LogP contribution >= 0.6 is 15.9 Å². The first kappa shape index (κ1) is 12.8. The lowest BCUT2D eigenvalue weighted by atomic mass is 10.2. The SMILES string of the molecule is Cc1nc(Br)cc(NC2CCCS(=O)(=O)C2)n1. The van der Waals surface area contributed by atoms with Crippen LogP contribution in [0.5, 0.6) is 0 Å². The van der Waals surface area contributed by atoms with Crippen LogP contribution in [-0.2, 0) is 9.84 Å². The molecule has 1 aromatic heterocycles. The molecule has 7 heteroatoms. The second-order valence-corrected chi connectivity index (χ2v) is 7.26.